The number of carbonyl (C=O) groups excluding carboxylic acids is 1. The third-order valence-electron chi connectivity index (χ3n) is 2.62. The van der Waals surface area contributed by atoms with E-state index in [-0.39, 0.29) is 24.2 Å². The maximum Gasteiger partial charge on any atom is 0.237 e. The van der Waals surface area contributed by atoms with Crippen LogP contribution in [0.15, 0.2) is 0 Å². The van der Waals surface area contributed by atoms with Crippen molar-refractivity contribution in [1.29, 1.82) is 0 Å². The Balaban J connectivity index is 2.29. The molecule has 0 spiro atoms. The average Bonchev–Trinajstić information content (AvgIpc) is 2.15. The summed E-state index contributed by atoms with van der Waals surface area (Å²) in [6.07, 6.45) is 2.88. The van der Waals surface area contributed by atoms with Gasteiger partial charge in [-0.3, -0.25) is 4.79 Å². The van der Waals surface area contributed by atoms with Crippen molar-refractivity contribution in [2.24, 2.45) is 5.14 Å². The normalized spacial score (nSPS) is 26.4. The van der Waals surface area contributed by atoms with Crippen molar-refractivity contribution in [3.05, 3.63) is 0 Å². The van der Waals surface area contributed by atoms with Gasteiger partial charge >= 0.3 is 0 Å². The Morgan fingerprint density at radius 3 is 2.75 bits per heavy atom. The van der Waals surface area contributed by atoms with Gasteiger partial charge in [0.15, 0.2) is 0 Å². The molecule has 2 atom stereocenters. The Kier molecular flexibility index (Phi) is 4.69. The van der Waals surface area contributed by atoms with Crippen LogP contribution in [-0.4, -0.2) is 38.7 Å². The largest absolute Gasteiger partial charge is 0.354 e. The molecule has 1 fully saturated rings. The molecule has 0 saturated carbocycles. The van der Waals surface area contributed by atoms with Gasteiger partial charge in [0.2, 0.25) is 15.9 Å². The van der Waals surface area contributed by atoms with Crippen LogP contribution in [0.3, 0.4) is 0 Å². The number of amides is 1. The third-order valence-corrected chi connectivity index (χ3v) is 3.39. The van der Waals surface area contributed by atoms with Gasteiger partial charge in [0.1, 0.15) is 0 Å². The number of rotatable bonds is 4. The number of carbonyl (C=O) groups is 1. The molecule has 0 aliphatic carbocycles. The van der Waals surface area contributed by atoms with Crippen LogP contribution in [0.4, 0.5) is 0 Å². The summed E-state index contributed by atoms with van der Waals surface area (Å²) in [5.74, 6) is -0.365. The smallest absolute Gasteiger partial charge is 0.237 e. The van der Waals surface area contributed by atoms with E-state index in [0.717, 1.165) is 19.3 Å². The zero-order valence-electron chi connectivity index (χ0n) is 9.40. The van der Waals surface area contributed by atoms with E-state index in [0.29, 0.717) is 6.04 Å². The molecule has 0 aromatic carbocycles. The van der Waals surface area contributed by atoms with Gasteiger partial charge in [-0.05, 0) is 26.2 Å². The van der Waals surface area contributed by atoms with Crippen LogP contribution in [0.5, 0.6) is 0 Å². The number of sulfonamides is 1. The molecule has 1 aliphatic heterocycles. The fourth-order valence-corrected chi connectivity index (χ4v) is 2.17. The molecule has 1 heterocycles. The summed E-state index contributed by atoms with van der Waals surface area (Å²) in [7, 11) is -3.50. The predicted octanol–water partition coefficient (Wildman–Crippen LogP) is -1.08. The average molecular weight is 249 g/mol. The molecular formula is C9H19N3O3S. The lowest BCUT2D eigenvalue weighted by Gasteiger charge is -2.27. The first-order chi connectivity index (χ1) is 7.38. The van der Waals surface area contributed by atoms with Crippen molar-refractivity contribution >= 4 is 15.9 Å². The molecule has 6 nitrogen and oxygen atoms in total. The SMILES string of the molecule is CC1CCCC(C(=O)NCCS(N)(=O)=O)N1. The predicted molar refractivity (Wildman–Crippen MR) is 61.2 cm³/mol. The van der Waals surface area contributed by atoms with Crippen LogP contribution in [-0.2, 0) is 14.8 Å². The van der Waals surface area contributed by atoms with Crippen LogP contribution in [0.2, 0.25) is 0 Å². The lowest BCUT2D eigenvalue weighted by molar-refractivity contribution is -0.123. The van der Waals surface area contributed by atoms with Gasteiger partial charge in [-0.1, -0.05) is 0 Å². The zero-order chi connectivity index (χ0) is 12.2. The lowest BCUT2D eigenvalue weighted by atomic mass is 9.99. The monoisotopic (exact) mass is 249 g/mol. The van der Waals surface area contributed by atoms with Crippen LogP contribution >= 0.6 is 0 Å². The Morgan fingerprint density at radius 2 is 2.19 bits per heavy atom. The maximum absolute atomic E-state index is 11.6. The van der Waals surface area contributed by atoms with Crippen LogP contribution < -0.4 is 15.8 Å². The van der Waals surface area contributed by atoms with E-state index in [1.165, 1.54) is 0 Å². The second-order valence-electron chi connectivity index (χ2n) is 4.21. The Labute approximate surface area is 96.0 Å². The Bertz CT molecular complexity index is 342. The molecule has 1 aliphatic rings. The fraction of sp³-hybridized carbons (Fsp3) is 0.889. The van der Waals surface area contributed by atoms with Gasteiger partial charge in [-0.15, -0.1) is 0 Å². The van der Waals surface area contributed by atoms with E-state index >= 15 is 0 Å². The Morgan fingerprint density at radius 1 is 1.50 bits per heavy atom. The molecule has 16 heavy (non-hydrogen) atoms. The van der Waals surface area contributed by atoms with Crippen LogP contribution in [0, 0.1) is 0 Å². The number of nitrogens with one attached hydrogen (secondary N) is 2. The number of hydrogen-bond donors (Lipinski definition) is 3. The summed E-state index contributed by atoms with van der Waals surface area (Å²) < 4.78 is 21.3. The number of nitrogens with two attached hydrogens (primary N) is 1. The summed E-state index contributed by atoms with van der Waals surface area (Å²) in [4.78, 5) is 11.6. The standard InChI is InChI=1S/C9H19N3O3S/c1-7-3-2-4-8(12-7)9(13)11-5-6-16(10,14)15/h7-8,12H,2-6H2,1H3,(H,11,13)(H2,10,14,15). The van der Waals surface area contributed by atoms with E-state index in [4.69, 9.17) is 5.14 Å². The van der Waals surface area contributed by atoms with Gasteiger partial charge < -0.3 is 10.6 Å². The van der Waals surface area contributed by atoms with E-state index in [2.05, 4.69) is 10.6 Å². The summed E-state index contributed by atoms with van der Waals surface area (Å²) in [6, 6.07) is 0.131. The molecule has 0 radical (unpaired) electrons. The molecule has 94 valence electrons. The molecule has 2 unspecified atom stereocenters. The molecule has 0 bridgehead atoms. The highest BCUT2D eigenvalue weighted by Gasteiger charge is 2.23. The minimum absolute atomic E-state index is 0.0736. The molecule has 0 aromatic rings. The number of primary sulfonamides is 1. The van der Waals surface area contributed by atoms with Gasteiger partial charge in [-0.2, -0.15) is 0 Å². The van der Waals surface area contributed by atoms with Crippen LogP contribution in [0.25, 0.3) is 0 Å². The highest BCUT2D eigenvalue weighted by atomic mass is 32.2. The first-order valence-corrected chi connectivity index (χ1v) is 7.14. The molecule has 1 saturated heterocycles. The van der Waals surface area contributed by atoms with E-state index in [9.17, 15) is 13.2 Å². The zero-order valence-corrected chi connectivity index (χ0v) is 10.2. The van der Waals surface area contributed by atoms with Crippen molar-refractivity contribution in [2.75, 3.05) is 12.3 Å². The van der Waals surface area contributed by atoms with Gasteiger partial charge in [0, 0.05) is 12.6 Å². The minimum Gasteiger partial charge on any atom is -0.354 e. The highest BCUT2D eigenvalue weighted by Crippen LogP contribution is 2.11. The van der Waals surface area contributed by atoms with Crippen molar-refractivity contribution in [3.8, 4) is 0 Å². The molecular weight excluding hydrogens is 230 g/mol. The summed E-state index contributed by atoms with van der Waals surface area (Å²) >= 11 is 0. The third kappa shape index (κ3) is 4.91. The van der Waals surface area contributed by atoms with Gasteiger partial charge in [-0.25, -0.2) is 13.6 Å². The second kappa shape index (κ2) is 5.60. The topological polar surface area (TPSA) is 101 Å². The van der Waals surface area contributed by atoms with Crippen molar-refractivity contribution in [3.63, 3.8) is 0 Å². The van der Waals surface area contributed by atoms with Crippen molar-refractivity contribution < 1.29 is 13.2 Å². The van der Waals surface area contributed by atoms with Gasteiger partial charge in [0.05, 0.1) is 11.8 Å². The lowest BCUT2D eigenvalue weighted by Crippen LogP contribution is -2.50. The summed E-state index contributed by atoms with van der Waals surface area (Å²) in [5.41, 5.74) is 0. The van der Waals surface area contributed by atoms with Gasteiger partial charge in [0.25, 0.3) is 0 Å². The molecule has 4 N–H and O–H groups in total. The number of piperidine rings is 1. The molecule has 0 aromatic heterocycles. The summed E-state index contributed by atoms with van der Waals surface area (Å²) in [5, 5.41) is 10.6. The van der Waals surface area contributed by atoms with E-state index in [1.54, 1.807) is 0 Å². The first-order valence-electron chi connectivity index (χ1n) is 5.43. The molecule has 1 amide bonds. The quantitative estimate of drug-likeness (QED) is 0.590. The number of hydrogen-bond acceptors (Lipinski definition) is 4. The second-order valence-corrected chi connectivity index (χ2v) is 5.94. The molecule has 1 rings (SSSR count). The van der Waals surface area contributed by atoms with Crippen molar-refractivity contribution in [2.45, 2.75) is 38.3 Å². The maximum atomic E-state index is 11.6. The highest BCUT2D eigenvalue weighted by molar-refractivity contribution is 7.89. The van der Waals surface area contributed by atoms with E-state index in [1.807, 2.05) is 6.92 Å². The first kappa shape index (κ1) is 13.4. The summed E-state index contributed by atoms with van der Waals surface area (Å²) in [6.45, 7) is 2.11. The van der Waals surface area contributed by atoms with Crippen LogP contribution in [0.1, 0.15) is 26.2 Å². The molecule has 7 heteroatoms. The Hall–Kier alpha value is -0.660. The minimum atomic E-state index is -3.50. The van der Waals surface area contributed by atoms with Crippen molar-refractivity contribution in [1.82, 2.24) is 10.6 Å². The fourth-order valence-electron chi connectivity index (χ4n) is 1.78. The van der Waals surface area contributed by atoms with E-state index < -0.39 is 10.0 Å².